The molecular formula is C26H32O4Si. The number of carbonyl (C=O) groups excluding carboxylic acids is 1. The zero-order valence-corrected chi connectivity index (χ0v) is 20.7. The minimum atomic E-state index is -2.12. The van der Waals surface area contributed by atoms with Gasteiger partial charge < -0.3 is 14.3 Å². The van der Waals surface area contributed by atoms with Crippen LogP contribution in [0.4, 0.5) is 0 Å². The van der Waals surface area contributed by atoms with Crippen LogP contribution in [-0.4, -0.2) is 26.5 Å². The van der Waals surface area contributed by atoms with Gasteiger partial charge in [-0.15, -0.1) is 0 Å². The van der Waals surface area contributed by atoms with Crippen LogP contribution in [0.2, 0.25) is 18.1 Å². The second kappa shape index (κ2) is 8.04. The van der Waals surface area contributed by atoms with Crippen LogP contribution in [0.25, 0.3) is 21.9 Å². The Bertz CT molecular complexity index is 1160. The van der Waals surface area contributed by atoms with Crippen LogP contribution in [-0.2, 0) is 4.74 Å². The lowest BCUT2D eigenvalue weighted by atomic mass is 9.89. The van der Waals surface area contributed by atoms with Gasteiger partial charge in [-0.1, -0.05) is 51.1 Å². The first-order valence-electron chi connectivity index (χ1n) is 10.5. The normalized spacial score (nSPS) is 12.1. The van der Waals surface area contributed by atoms with Gasteiger partial charge in [0.1, 0.15) is 11.5 Å². The zero-order valence-electron chi connectivity index (χ0n) is 19.7. The van der Waals surface area contributed by atoms with E-state index in [4.69, 9.17) is 9.16 Å². The molecule has 0 spiro atoms. The standard InChI is InChI=1S/C26H32O4Si/c1-16-15-21(27)22(17(2)24(16)30-31(7,8)26(3,4)5)23-19-12-10-9-11-18(19)13-14-20(23)25(28)29-6/h9-15,27H,1-8H3. The summed E-state index contributed by atoms with van der Waals surface area (Å²) in [7, 11) is -0.749. The van der Waals surface area contributed by atoms with Crippen LogP contribution >= 0.6 is 0 Å². The maximum Gasteiger partial charge on any atom is 0.338 e. The van der Waals surface area contributed by atoms with Crippen LogP contribution in [0.15, 0.2) is 42.5 Å². The summed E-state index contributed by atoms with van der Waals surface area (Å²) in [4.78, 5) is 12.7. The minimum absolute atomic E-state index is 0.0283. The van der Waals surface area contributed by atoms with Crippen LogP contribution < -0.4 is 4.43 Å². The smallest absolute Gasteiger partial charge is 0.338 e. The topological polar surface area (TPSA) is 55.8 Å². The number of carbonyl (C=O) groups is 1. The second-order valence-electron chi connectivity index (χ2n) is 9.60. The number of ether oxygens (including phenoxy) is 1. The number of phenols is 1. The van der Waals surface area contributed by atoms with E-state index < -0.39 is 14.3 Å². The van der Waals surface area contributed by atoms with Crippen molar-refractivity contribution in [2.24, 2.45) is 0 Å². The number of aryl methyl sites for hydroxylation is 1. The predicted octanol–water partition coefficient (Wildman–Crippen LogP) is 7.00. The monoisotopic (exact) mass is 436 g/mol. The largest absolute Gasteiger partial charge is 0.543 e. The number of aromatic hydroxyl groups is 1. The highest BCUT2D eigenvalue weighted by molar-refractivity contribution is 6.74. The van der Waals surface area contributed by atoms with Gasteiger partial charge in [0.2, 0.25) is 0 Å². The Labute approximate surface area is 186 Å². The van der Waals surface area contributed by atoms with Crippen LogP contribution in [0.3, 0.4) is 0 Å². The van der Waals surface area contributed by atoms with Gasteiger partial charge in [0.25, 0.3) is 8.32 Å². The number of rotatable bonds is 4. The maximum absolute atomic E-state index is 12.7. The van der Waals surface area contributed by atoms with Crippen molar-refractivity contribution in [2.75, 3.05) is 7.11 Å². The summed E-state index contributed by atoms with van der Waals surface area (Å²) in [5.41, 5.74) is 3.39. The summed E-state index contributed by atoms with van der Waals surface area (Å²) >= 11 is 0. The van der Waals surface area contributed by atoms with Gasteiger partial charge in [0.05, 0.1) is 12.7 Å². The molecule has 0 aromatic heterocycles. The number of phenolic OH excluding ortho intramolecular Hbond substituents is 1. The molecule has 1 N–H and O–H groups in total. The van der Waals surface area contributed by atoms with Gasteiger partial charge >= 0.3 is 5.97 Å². The van der Waals surface area contributed by atoms with Crippen molar-refractivity contribution in [3.63, 3.8) is 0 Å². The molecule has 0 saturated carbocycles. The van der Waals surface area contributed by atoms with Gasteiger partial charge in [-0.3, -0.25) is 0 Å². The highest BCUT2D eigenvalue weighted by Crippen LogP contribution is 2.46. The Balaban J connectivity index is 2.37. The fourth-order valence-electron chi connectivity index (χ4n) is 3.65. The molecule has 31 heavy (non-hydrogen) atoms. The lowest BCUT2D eigenvalue weighted by Gasteiger charge is -2.37. The molecule has 164 valence electrons. The number of fused-ring (bicyclic) bond motifs is 1. The molecule has 0 fully saturated rings. The van der Waals surface area contributed by atoms with Crippen molar-refractivity contribution in [2.45, 2.75) is 52.8 Å². The lowest BCUT2D eigenvalue weighted by Crippen LogP contribution is -2.44. The zero-order chi connectivity index (χ0) is 23.1. The van der Waals surface area contributed by atoms with Gasteiger partial charge in [-0.25, -0.2) is 4.79 Å². The summed E-state index contributed by atoms with van der Waals surface area (Å²) in [6, 6.07) is 13.2. The van der Waals surface area contributed by atoms with Crippen molar-refractivity contribution in [1.29, 1.82) is 0 Å². The molecule has 3 rings (SSSR count). The molecule has 0 atom stereocenters. The van der Waals surface area contributed by atoms with Crippen molar-refractivity contribution in [3.05, 3.63) is 59.2 Å². The molecule has 0 aliphatic carbocycles. The number of benzene rings is 3. The maximum atomic E-state index is 12.7. The Hall–Kier alpha value is -2.79. The molecule has 3 aromatic rings. The average molecular weight is 437 g/mol. The molecule has 0 aliphatic heterocycles. The van der Waals surface area contributed by atoms with Crippen molar-refractivity contribution >= 4 is 25.1 Å². The second-order valence-corrected chi connectivity index (χ2v) is 14.3. The molecule has 5 heteroatoms. The fraction of sp³-hybridized carbons (Fsp3) is 0.346. The molecule has 0 radical (unpaired) electrons. The van der Waals surface area contributed by atoms with E-state index in [0.29, 0.717) is 16.7 Å². The highest BCUT2D eigenvalue weighted by Gasteiger charge is 2.40. The fourth-order valence-corrected chi connectivity index (χ4v) is 4.78. The molecule has 4 nitrogen and oxygen atoms in total. The van der Waals surface area contributed by atoms with Crippen LogP contribution in [0.1, 0.15) is 42.3 Å². The Morgan fingerprint density at radius 3 is 2.26 bits per heavy atom. The van der Waals surface area contributed by atoms with Crippen molar-refractivity contribution in [3.8, 4) is 22.6 Å². The number of esters is 1. The Morgan fingerprint density at radius 2 is 1.65 bits per heavy atom. The Morgan fingerprint density at radius 1 is 1.00 bits per heavy atom. The third kappa shape index (κ3) is 4.07. The summed E-state index contributed by atoms with van der Waals surface area (Å²) in [6.45, 7) is 14.9. The van der Waals surface area contributed by atoms with Gasteiger partial charge in [0.15, 0.2) is 0 Å². The first kappa shape index (κ1) is 22.9. The number of hydrogen-bond acceptors (Lipinski definition) is 4. The minimum Gasteiger partial charge on any atom is -0.543 e. The van der Waals surface area contributed by atoms with E-state index >= 15 is 0 Å². The SMILES string of the molecule is COC(=O)c1ccc2ccccc2c1-c1c(O)cc(C)c(O[Si](C)(C)C(C)(C)C)c1C. The van der Waals surface area contributed by atoms with Crippen LogP contribution in [0, 0.1) is 13.8 Å². The van der Waals surface area contributed by atoms with E-state index in [2.05, 4.69) is 33.9 Å². The van der Waals surface area contributed by atoms with Crippen LogP contribution in [0.5, 0.6) is 11.5 Å². The molecule has 0 saturated heterocycles. The molecule has 0 heterocycles. The van der Waals surface area contributed by atoms with Crippen molar-refractivity contribution < 1.29 is 19.1 Å². The molecule has 0 aliphatic rings. The van der Waals surface area contributed by atoms with E-state index in [0.717, 1.165) is 27.6 Å². The molecule has 3 aromatic carbocycles. The van der Waals surface area contributed by atoms with Gasteiger partial charge in [-0.2, -0.15) is 0 Å². The highest BCUT2D eigenvalue weighted by atomic mass is 28.4. The average Bonchev–Trinajstić information content (AvgIpc) is 2.69. The summed E-state index contributed by atoms with van der Waals surface area (Å²) in [5.74, 6) is 0.467. The van der Waals surface area contributed by atoms with E-state index in [9.17, 15) is 9.90 Å². The third-order valence-electron chi connectivity index (χ3n) is 6.43. The molecule has 0 bridgehead atoms. The quantitative estimate of drug-likeness (QED) is 0.353. The molecule has 0 amide bonds. The van der Waals surface area contributed by atoms with E-state index in [1.54, 1.807) is 12.1 Å². The van der Waals surface area contributed by atoms with E-state index in [-0.39, 0.29) is 10.8 Å². The number of hydrogen-bond donors (Lipinski definition) is 1. The van der Waals surface area contributed by atoms with E-state index in [1.165, 1.54) is 7.11 Å². The van der Waals surface area contributed by atoms with Crippen molar-refractivity contribution in [1.82, 2.24) is 0 Å². The van der Waals surface area contributed by atoms with Gasteiger partial charge in [0, 0.05) is 16.7 Å². The van der Waals surface area contributed by atoms with Gasteiger partial charge in [-0.05, 0) is 60.4 Å². The summed E-state index contributed by atoms with van der Waals surface area (Å²) in [5, 5.41) is 12.9. The first-order chi connectivity index (χ1) is 14.4. The summed E-state index contributed by atoms with van der Waals surface area (Å²) in [6.07, 6.45) is 0. The third-order valence-corrected chi connectivity index (χ3v) is 10.8. The Kier molecular flexibility index (Phi) is 5.94. The summed E-state index contributed by atoms with van der Waals surface area (Å²) < 4.78 is 11.8. The predicted molar refractivity (Wildman–Crippen MR) is 130 cm³/mol. The number of methoxy groups -OCH3 is 1. The van der Waals surface area contributed by atoms with E-state index in [1.807, 2.05) is 44.2 Å². The molecule has 0 unspecified atom stereocenters. The first-order valence-corrected chi connectivity index (χ1v) is 13.4. The lowest BCUT2D eigenvalue weighted by molar-refractivity contribution is 0.0602. The molecular weight excluding hydrogens is 404 g/mol.